The average Bonchev–Trinajstić information content (AvgIpc) is 2.64. The molecule has 0 spiro atoms. The van der Waals surface area contributed by atoms with Gasteiger partial charge in [0.15, 0.2) is 0 Å². The van der Waals surface area contributed by atoms with Gasteiger partial charge < -0.3 is 10.5 Å². The molecule has 2 aromatic carbocycles. The molecule has 1 saturated carbocycles. The maximum absolute atomic E-state index is 6.23. The maximum atomic E-state index is 6.23. The highest BCUT2D eigenvalue weighted by Gasteiger charge is 2.20. The lowest BCUT2D eigenvalue weighted by molar-refractivity contribution is 0.147. The van der Waals surface area contributed by atoms with Gasteiger partial charge in [0.2, 0.25) is 0 Å². The second-order valence-electron chi connectivity index (χ2n) is 6.59. The number of pyridine rings is 1. The quantitative estimate of drug-likeness (QED) is 0.770. The van der Waals surface area contributed by atoms with Crippen molar-refractivity contribution >= 4 is 10.8 Å². The first-order valence-corrected chi connectivity index (χ1v) is 8.65. The number of rotatable bonds is 3. The first kappa shape index (κ1) is 15.2. The van der Waals surface area contributed by atoms with Crippen LogP contribution in [0.2, 0.25) is 0 Å². The Hall–Kier alpha value is -2.39. The molecular weight excluding hydrogens is 296 g/mol. The minimum atomic E-state index is 0.282. The van der Waals surface area contributed by atoms with Crippen molar-refractivity contribution in [2.45, 2.75) is 37.8 Å². The molecule has 0 bridgehead atoms. The van der Waals surface area contributed by atoms with Crippen LogP contribution in [-0.4, -0.2) is 17.1 Å². The summed E-state index contributed by atoms with van der Waals surface area (Å²) >= 11 is 0. The lowest BCUT2D eigenvalue weighted by Gasteiger charge is -2.27. The highest BCUT2D eigenvalue weighted by Crippen LogP contribution is 2.31. The number of ether oxygens (including phenoxy) is 1. The van der Waals surface area contributed by atoms with Gasteiger partial charge in [0.25, 0.3) is 0 Å². The number of hydrogen-bond donors (Lipinski definition) is 1. The lowest BCUT2D eigenvalue weighted by atomic mass is 9.93. The van der Waals surface area contributed by atoms with E-state index < -0.39 is 0 Å². The summed E-state index contributed by atoms with van der Waals surface area (Å²) < 4.78 is 6.23. The summed E-state index contributed by atoms with van der Waals surface area (Å²) in [6.07, 6.45) is 8.31. The topological polar surface area (TPSA) is 48.1 Å². The standard InChI is InChI=1S/C21H22N2O/c22-17-7-10-18(11-8-17)24-19-9-6-16-13-23-14-21(20(16)12-19)15-4-2-1-3-5-15/h1-6,9,12-14,17-18H,7-8,10-11,22H2. The highest BCUT2D eigenvalue weighted by atomic mass is 16.5. The van der Waals surface area contributed by atoms with Crippen LogP contribution in [0.5, 0.6) is 5.75 Å². The fourth-order valence-electron chi connectivity index (χ4n) is 3.46. The SMILES string of the molecule is NC1CCC(Oc2ccc3cncc(-c4ccccc4)c3c2)CC1. The van der Waals surface area contributed by atoms with E-state index in [2.05, 4.69) is 41.4 Å². The number of benzene rings is 2. The van der Waals surface area contributed by atoms with Crippen LogP contribution in [0.1, 0.15) is 25.7 Å². The zero-order chi connectivity index (χ0) is 16.4. The molecule has 0 saturated heterocycles. The van der Waals surface area contributed by atoms with E-state index in [1.165, 1.54) is 10.9 Å². The third kappa shape index (κ3) is 3.13. The highest BCUT2D eigenvalue weighted by molar-refractivity contribution is 5.96. The molecule has 0 unspecified atom stereocenters. The van der Waals surface area contributed by atoms with Gasteiger partial charge in [-0.25, -0.2) is 0 Å². The van der Waals surface area contributed by atoms with Gasteiger partial charge >= 0.3 is 0 Å². The van der Waals surface area contributed by atoms with Crippen molar-refractivity contribution in [1.29, 1.82) is 0 Å². The Bertz CT molecular complexity index is 824. The normalized spacial score (nSPS) is 20.9. The Morgan fingerprint density at radius 2 is 1.71 bits per heavy atom. The fraction of sp³-hybridized carbons (Fsp3) is 0.286. The van der Waals surface area contributed by atoms with Crippen molar-refractivity contribution in [1.82, 2.24) is 4.98 Å². The number of nitrogens with zero attached hydrogens (tertiary/aromatic N) is 1. The Kier molecular flexibility index (Phi) is 4.18. The Morgan fingerprint density at radius 1 is 0.917 bits per heavy atom. The summed E-state index contributed by atoms with van der Waals surface area (Å²) in [5.41, 5.74) is 8.31. The van der Waals surface area contributed by atoms with Gasteiger partial charge in [-0.3, -0.25) is 4.98 Å². The predicted octanol–water partition coefficient (Wildman–Crippen LogP) is 4.55. The molecule has 3 aromatic rings. The zero-order valence-corrected chi connectivity index (χ0v) is 13.7. The molecule has 4 rings (SSSR count). The molecule has 2 N–H and O–H groups in total. The zero-order valence-electron chi connectivity index (χ0n) is 13.7. The van der Waals surface area contributed by atoms with E-state index in [1.807, 2.05) is 24.5 Å². The molecule has 1 aromatic heterocycles. The van der Waals surface area contributed by atoms with Crippen LogP contribution in [0.15, 0.2) is 60.9 Å². The van der Waals surface area contributed by atoms with Gasteiger partial charge in [-0.15, -0.1) is 0 Å². The number of aromatic nitrogens is 1. The first-order valence-electron chi connectivity index (χ1n) is 8.65. The minimum Gasteiger partial charge on any atom is -0.490 e. The first-order chi connectivity index (χ1) is 11.8. The van der Waals surface area contributed by atoms with Crippen molar-refractivity contribution in [2.24, 2.45) is 5.73 Å². The molecule has 0 aliphatic heterocycles. The second-order valence-corrected chi connectivity index (χ2v) is 6.59. The molecule has 3 heteroatoms. The van der Waals surface area contributed by atoms with E-state index in [0.29, 0.717) is 6.04 Å². The van der Waals surface area contributed by atoms with E-state index in [0.717, 1.165) is 42.4 Å². The van der Waals surface area contributed by atoms with Gasteiger partial charge in [-0.2, -0.15) is 0 Å². The molecule has 1 heterocycles. The van der Waals surface area contributed by atoms with E-state index in [9.17, 15) is 0 Å². The predicted molar refractivity (Wildman–Crippen MR) is 98.0 cm³/mol. The second kappa shape index (κ2) is 6.62. The third-order valence-electron chi connectivity index (χ3n) is 4.84. The molecule has 24 heavy (non-hydrogen) atoms. The number of hydrogen-bond acceptors (Lipinski definition) is 3. The van der Waals surface area contributed by atoms with Crippen LogP contribution in [0.25, 0.3) is 21.9 Å². The molecule has 0 radical (unpaired) electrons. The van der Waals surface area contributed by atoms with Crippen LogP contribution in [0.3, 0.4) is 0 Å². The Labute approximate surface area is 142 Å². The van der Waals surface area contributed by atoms with Crippen molar-refractivity contribution in [2.75, 3.05) is 0 Å². The number of nitrogens with two attached hydrogens (primary N) is 1. The Balaban J connectivity index is 1.67. The van der Waals surface area contributed by atoms with E-state index in [-0.39, 0.29) is 6.10 Å². The van der Waals surface area contributed by atoms with E-state index in [1.54, 1.807) is 0 Å². The van der Waals surface area contributed by atoms with Gasteiger partial charge in [-0.1, -0.05) is 30.3 Å². The molecule has 1 aliphatic carbocycles. The van der Waals surface area contributed by atoms with E-state index >= 15 is 0 Å². The van der Waals surface area contributed by atoms with Gasteiger partial charge in [0.05, 0.1) is 6.10 Å². The molecule has 0 atom stereocenters. The fourth-order valence-corrected chi connectivity index (χ4v) is 3.46. The van der Waals surface area contributed by atoms with Gasteiger partial charge in [-0.05, 0) is 54.8 Å². The molecule has 0 amide bonds. The summed E-state index contributed by atoms with van der Waals surface area (Å²) in [5, 5.41) is 2.32. The van der Waals surface area contributed by atoms with Gasteiger partial charge in [0.1, 0.15) is 5.75 Å². The van der Waals surface area contributed by atoms with Gasteiger partial charge in [0, 0.05) is 29.4 Å². The molecule has 122 valence electrons. The number of fused-ring (bicyclic) bond motifs is 1. The van der Waals surface area contributed by atoms with Crippen LogP contribution in [0.4, 0.5) is 0 Å². The van der Waals surface area contributed by atoms with Crippen LogP contribution in [-0.2, 0) is 0 Å². The molecule has 1 fully saturated rings. The summed E-state index contributed by atoms with van der Waals surface area (Å²) in [6.45, 7) is 0. The molecular formula is C21H22N2O. The van der Waals surface area contributed by atoms with Crippen molar-refractivity contribution in [3.8, 4) is 16.9 Å². The average molecular weight is 318 g/mol. The molecule has 1 aliphatic rings. The van der Waals surface area contributed by atoms with Crippen molar-refractivity contribution < 1.29 is 4.74 Å². The van der Waals surface area contributed by atoms with Crippen LogP contribution in [0, 0.1) is 0 Å². The molecule has 3 nitrogen and oxygen atoms in total. The monoisotopic (exact) mass is 318 g/mol. The Morgan fingerprint density at radius 3 is 2.50 bits per heavy atom. The van der Waals surface area contributed by atoms with E-state index in [4.69, 9.17) is 10.5 Å². The van der Waals surface area contributed by atoms with Crippen LogP contribution < -0.4 is 10.5 Å². The van der Waals surface area contributed by atoms with Crippen molar-refractivity contribution in [3.05, 3.63) is 60.9 Å². The minimum absolute atomic E-state index is 0.282. The van der Waals surface area contributed by atoms with Crippen molar-refractivity contribution in [3.63, 3.8) is 0 Å². The summed E-state index contributed by atoms with van der Waals surface area (Å²) in [6, 6.07) is 17.0. The third-order valence-corrected chi connectivity index (χ3v) is 4.84. The van der Waals surface area contributed by atoms with Crippen LogP contribution >= 0.6 is 0 Å². The summed E-state index contributed by atoms with van der Waals surface area (Å²) in [7, 11) is 0. The smallest absolute Gasteiger partial charge is 0.120 e. The lowest BCUT2D eigenvalue weighted by Crippen LogP contribution is -2.31. The summed E-state index contributed by atoms with van der Waals surface area (Å²) in [5.74, 6) is 0.936. The summed E-state index contributed by atoms with van der Waals surface area (Å²) in [4.78, 5) is 4.39. The largest absolute Gasteiger partial charge is 0.490 e. The maximum Gasteiger partial charge on any atom is 0.120 e.